The maximum Gasteiger partial charge on any atom is 0.211 e. The van der Waals surface area contributed by atoms with E-state index in [1.807, 2.05) is 45.2 Å². The number of hydrogen-bond acceptors (Lipinski definition) is 10. The van der Waals surface area contributed by atoms with Crippen LogP contribution >= 0.6 is 22.6 Å². The van der Waals surface area contributed by atoms with Crippen molar-refractivity contribution in [3.05, 3.63) is 32.4 Å². The van der Waals surface area contributed by atoms with Crippen LogP contribution in [0.25, 0.3) is 0 Å². The van der Waals surface area contributed by atoms with Gasteiger partial charge in [-0.05, 0) is 61.1 Å². The van der Waals surface area contributed by atoms with Crippen molar-refractivity contribution in [1.82, 2.24) is 10.3 Å². The van der Waals surface area contributed by atoms with Crippen molar-refractivity contribution in [1.29, 1.82) is 10.5 Å². The zero-order valence-electron chi connectivity index (χ0n) is 17.2. The Morgan fingerprint density at radius 1 is 1.32 bits per heavy atom. The van der Waals surface area contributed by atoms with Crippen molar-refractivity contribution in [2.24, 2.45) is 4.99 Å². The Labute approximate surface area is 193 Å². The van der Waals surface area contributed by atoms with E-state index in [0.717, 1.165) is 9.13 Å². The van der Waals surface area contributed by atoms with Gasteiger partial charge in [0.1, 0.15) is 29.3 Å². The van der Waals surface area contributed by atoms with E-state index in [1.165, 1.54) is 0 Å². The molecule has 0 saturated carbocycles. The van der Waals surface area contributed by atoms with Crippen LogP contribution in [0.1, 0.15) is 43.5 Å². The van der Waals surface area contributed by atoms with Crippen LogP contribution in [0.3, 0.4) is 0 Å². The largest absolute Gasteiger partial charge is 0.490 e. The number of fused-ring (bicyclic) bond motifs is 1. The normalized spacial score (nSPS) is 14.5. The molecule has 11 heteroatoms. The van der Waals surface area contributed by atoms with E-state index in [2.05, 4.69) is 43.2 Å². The molecule has 1 aliphatic heterocycles. The third kappa shape index (κ3) is 4.36. The highest BCUT2D eigenvalue weighted by Crippen LogP contribution is 2.44. The maximum absolute atomic E-state index is 9.47. The predicted molar refractivity (Wildman–Crippen MR) is 126 cm³/mol. The molecule has 10 nitrogen and oxygen atoms in total. The van der Waals surface area contributed by atoms with Crippen LogP contribution < -0.4 is 31.6 Å². The van der Waals surface area contributed by atoms with Crippen LogP contribution in [0, 0.1) is 26.4 Å². The topological polar surface area (TPSA) is 167 Å². The second-order valence-corrected chi connectivity index (χ2v) is 7.99. The third-order valence-electron chi connectivity index (χ3n) is 4.36. The average molecular weight is 532 g/mol. The maximum atomic E-state index is 9.47. The fourth-order valence-corrected chi connectivity index (χ4v) is 3.93. The highest BCUT2D eigenvalue weighted by atomic mass is 127. The van der Waals surface area contributed by atoms with E-state index in [4.69, 9.17) is 26.2 Å². The molecule has 160 valence electrons. The molecule has 0 radical (unpaired) electrons. The minimum absolute atomic E-state index is 0.00604. The molecule has 3 rings (SSSR count). The quantitative estimate of drug-likeness (QED) is 0.257. The number of aliphatic imine (C=N–C) groups is 1. The first-order chi connectivity index (χ1) is 14.8. The van der Waals surface area contributed by atoms with Gasteiger partial charge in [0.15, 0.2) is 17.7 Å². The van der Waals surface area contributed by atoms with Gasteiger partial charge in [0, 0.05) is 5.56 Å². The standard InChI is InChI=1S/C20H21IN8O2/c1-4-30-13-6-10(5-12(21)17(13)31-9(2)3)16-14-15(24)11(7-22)18(25)28-19(14)29-20(27-16)26-8-23/h5-6,9,16H,4H2,1-3H3,(H6,24,25,26,27,28,29). The number of rotatable bonds is 5. The number of nitrogen functional groups attached to an aromatic ring is 2. The number of pyridine rings is 1. The summed E-state index contributed by atoms with van der Waals surface area (Å²) in [5.74, 6) is 1.70. The summed E-state index contributed by atoms with van der Waals surface area (Å²) in [7, 11) is 0. The zero-order valence-corrected chi connectivity index (χ0v) is 19.3. The Morgan fingerprint density at radius 2 is 2.06 bits per heavy atom. The summed E-state index contributed by atoms with van der Waals surface area (Å²) in [6, 6.07) is 5.05. The highest BCUT2D eigenvalue weighted by Gasteiger charge is 2.31. The van der Waals surface area contributed by atoms with Crippen LogP contribution in [0.4, 0.5) is 17.3 Å². The molecule has 0 saturated heterocycles. The van der Waals surface area contributed by atoms with Crippen molar-refractivity contribution < 1.29 is 9.47 Å². The summed E-state index contributed by atoms with van der Waals surface area (Å²) in [4.78, 5) is 8.85. The van der Waals surface area contributed by atoms with E-state index in [-0.39, 0.29) is 29.1 Å². The molecule has 6 N–H and O–H groups in total. The summed E-state index contributed by atoms with van der Waals surface area (Å²) in [6.07, 6.45) is 1.80. The third-order valence-corrected chi connectivity index (χ3v) is 5.16. The van der Waals surface area contributed by atoms with Gasteiger partial charge in [0.25, 0.3) is 0 Å². The molecule has 0 aliphatic carbocycles. The van der Waals surface area contributed by atoms with E-state index in [9.17, 15) is 5.26 Å². The lowest BCUT2D eigenvalue weighted by Crippen LogP contribution is -2.32. The van der Waals surface area contributed by atoms with E-state index >= 15 is 0 Å². The fraction of sp³-hybridized carbons (Fsp3) is 0.300. The molecule has 0 fully saturated rings. The zero-order chi connectivity index (χ0) is 22.7. The first-order valence-corrected chi connectivity index (χ1v) is 10.5. The molecule has 1 aromatic heterocycles. The number of aromatic nitrogens is 1. The number of guanidine groups is 1. The van der Waals surface area contributed by atoms with Gasteiger partial charge in [-0.15, -0.1) is 0 Å². The molecule has 2 aromatic rings. The Hall–Kier alpha value is -3.45. The van der Waals surface area contributed by atoms with Gasteiger partial charge < -0.3 is 26.3 Å². The number of halogens is 1. The molecular formula is C20H21IN8O2. The van der Waals surface area contributed by atoms with Gasteiger partial charge >= 0.3 is 0 Å². The van der Waals surface area contributed by atoms with Crippen LogP contribution in [0.5, 0.6) is 11.5 Å². The summed E-state index contributed by atoms with van der Waals surface area (Å²) in [5.41, 5.74) is 13.7. The number of nitrogens with zero attached hydrogens (tertiary/aromatic N) is 4. The van der Waals surface area contributed by atoms with Crippen molar-refractivity contribution in [3.8, 4) is 23.8 Å². The number of nitriles is 2. The summed E-state index contributed by atoms with van der Waals surface area (Å²) >= 11 is 2.17. The number of hydrogen-bond donors (Lipinski definition) is 4. The van der Waals surface area contributed by atoms with Gasteiger partial charge in [-0.1, -0.05) is 0 Å². The Bertz CT molecular complexity index is 1130. The lowest BCUT2D eigenvalue weighted by atomic mass is 9.95. The minimum atomic E-state index is -0.659. The molecular weight excluding hydrogens is 511 g/mol. The molecule has 1 atom stereocenters. The number of nitrogens with two attached hydrogens (primary N) is 2. The van der Waals surface area contributed by atoms with Crippen LogP contribution in [0.2, 0.25) is 0 Å². The Morgan fingerprint density at radius 3 is 2.68 bits per heavy atom. The smallest absolute Gasteiger partial charge is 0.211 e. The first-order valence-electron chi connectivity index (χ1n) is 9.42. The molecule has 0 amide bonds. The fourth-order valence-electron chi connectivity index (χ4n) is 3.18. The Balaban J connectivity index is 2.24. The van der Waals surface area contributed by atoms with Crippen LogP contribution in [-0.4, -0.2) is 23.7 Å². The number of ether oxygens (including phenoxy) is 2. The lowest BCUT2D eigenvalue weighted by molar-refractivity contribution is 0.222. The van der Waals surface area contributed by atoms with E-state index in [0.29, 0.717) is 29.5 Å². The van der Waals surface area contributed by atoms with Gasteiger partial charge in [0.05, 0.1) is 22.0 Å². The number of nitrogens with one attached hydrogen (secondary N) is 2. The molecule has 1 aliphatic rings. The van der Waals surface area contributed by atoms with Gasteiger partial charge in [-0.25, -0.2) is 9.98 Å². The van der Waals surface area contributed by atoms with Crippen molar-refractivity contribution >= 4 is 45.9 Å². The van der Waals surface area contributed by atoms with Gasteiger partial charge in [0.2, 0.25) is 5.96 Å². The number of benzene rings is 1. The van der Waals surface area contributed by atoms with Gasteiger partial charge in [-0.2, -0.15) is 10.5 Å². The van der Waals surface area contributed by atoms with Crippen LogP contribution in [-0.2, 0) is 0 Å². The second kappa shape index (κ2) is 9.14. The Kier molecular flexibility index (Phi) is 6.56. The number of anilines is 3. The van der Waals surface area contributed by atoms with Crippen molar-refractivity contribution in [2.75, 3.05) is 23.4 Å². The predicted octanol–water partition coefficient (Wildman–Crippen LogP) is 2.85. The van der Waals surface area contributed by atoms with E-state index in [1.54, 1.807) is 0 Å². The first kappa shape index (κ1) is 22.2. The molecule has 1 unspecified atom stereocenters. The van der Waals surface area contributed by atoms with Crippen molar-refractivity contribution in [2.45, 2.75) is 32.9 Å². The minimum Gasteiger partial charge on any atom is -0.490 e. The highest BCUT2D eigenvalue weighted by molar-refractivity contribution is 14.1. The summed E-state index contributed by atoms with van der Waals surface area (Å²) < 4.78 is 12.6. The molecule has 1 aromatic carbocycles. The lowest BCUT2D eigenvalue weighted by Gasteiger charge is -2.27. The molecule has 31 heavy (non-hydrogen) atoms. The molecule has 2 heterocycles. The average Bonchev–Trinajstić information content (AvgIpc) is 2.70. The van der Waals surface area contributed by atoms with Crippen LogP contribution in [0.15, 0.2) is 17.1 Å². The SMILES string of the molecule is CCOc1cc(C2N=C(NC#N)Nc3nc(N)c(C#N)c(N)c32)cc(I)c1OC(C)C. The summed E-state index contributed by atoms with van der Waals surface area (Å²) in [5, 5.41) is 23.9. The molecule has 0 spiro atoms. The monoisotopic (exact) mass is 532 g/mol. The summed E-state index contributed by atoms with van der Waals surface area (Å²) in [6.45, 7) is 6.20. The van der Waals surface area contributed by atoms with E-state index < -0.39 is 6.04 Å². The van der Waals surface area contributed by atoms with Crippen molar-refractivity contribution in [3.63, 3.8) is 0 Å². The van der Waals surface area contributed by atoms with Gasteiger partial charge in [-0.3, -0.25) is 5.32 Å². The second-order valence-electron chi connectivity index (χ2n) is 6.83. The molecule has 0 bridgehead atoms.